The van der Waals surface area contributed by atoms with Crippen LogP contribution in [0.2, 0.25) is 0 Å². The topological polar surface area (TPSA) is 100 Å². The molecule has 4 N–H and O–H groups in total. The monoisotopic (exact) mass is 433 g/mol. The average molecular weight is 434 g/mol. The van der Waals surface area contributed by atoms with E-state index in [0.717, 1.165) is 30.9 Å². The number of thiazole rings is 1. The minimum Gasteiger partial charge on any atom is -0.368 e. The van der Waals surface area contributed by atoms with Gasteiger partial charge in [0.1, 0.15) is 10.7 Å². The van der Waals surface area contributed by atoms with Crippen LogP contribution in [-0.2, 0) is 10.0 Å². The molecule has 3 aromatic rings. The van der Waals surface area contributed by atoms with Gasteiger partial charge in [-0.05, 0) is 36.8 Å². The van der Waals surface area contributed by atoms with Crippen LogP contribution in [0.25, 0.3) is 0 Å². The van der Waals surface area contributed by atoms with E-state index in [4.69, 9.17) is 5.73 Å². The fourth-order valence-corrected chi connectivity index (χ4v) is 4.89. The molecule has 0 aliphatic carbocycles. The number of hydrogen-bond acceptors (Lipinski definition) is 7. The van der Waals surface area contributed by atoms with Gasteiger partial charge in [0.15, 0.2) is 5.82 Å². The summed E-state index contributed by atoms with van der Waals surface area (Å²) in [6, 6.07) is 11.8. The lowest BCUT2D eigenvalue weighted by Crippen LogP contribution is -2.26. The van der Waals surface area contributed by atoms with Crippen molar-refractivity contribution in [1.82, 2.24) is 4.98 Å². The lowest BCUT2D eigenvalue weighted by atomic mass is 10.2. The second-order valence-corrected chi connectivity index (χ2v) is 9.13. The van der Waals surface area contributed by atoms with Crippen molar-refractivity contribution in [3.05, 3.63) is 59.2 Å². The number of nitrogens with zero attached hydrogens (tertiary/aromatic N) is 2. The number of nitrogens with two attached hydrogens (primary N) is 1. The number of sulfonamides is 1. The van der Waals surface area contributed by atoms with Gasteiger partial charge < -0.3 is 16.0 Å². The summed E-state index contributed by atoms with van der Waals surface area (Å²) in [7, 11) is -4.06. The van der Waals surface area contributed by atoms with Crippen molar-refractivity contribution in [2.24, 2.45) is 5.73 Å². The van der Waals surface area contributed by atoms with Gasteiger partial charge in [-0.2, -0.15) is 0 Å². The van der Waals surface area contributed by atoms with Crippen molar-refractivity contribution >= 4 is 44.2 Å². The van der Waals surface area contributed by atoms with E-state index in [9.17, 15) is 12.8 Å². The molecule has 0 radical (unpaired) electrons. The van der Waals surface area contributed by atoms with Crippen LogP contribution in [0.4, 0.5) is 27.3 Å². The third-order valence-electron chi connectivity index (χ3n) is 4.64. The maximum atomic E-state index is 14.6. The van der Waals surface area contributed by atoms with Crippen molar-refractivity contribution in [3.8, 4) is 0 Å². The van der Waals surface area contributed by atoms with Crippen LogP contribution in [0.15, 0.2) is 58.3 Å². The summed E-state index contributed by atoms with van der Waals surface area (Å²) in [5, 5.41) is 4.72. The van der Waals surface area contributed by atoms with Gasteiger partial charge in [-0.15, -0.1) is 11.3 Å². The molecule has 0 spiro atoms. The van der Waals surface area contributed by atoms with Crippen LogP contribution in [0.3, 0.4) is 0 Å². The quantitative estimate of drug-likeness (QED) is 0.551. The first-order valence-electron chi connectivity index (χ1n) is 8.99. The Hall–Kier alpha value is -2.69. The van der Waals surface area contributed by atoms with E-state index >= 15 is 0 Å². The Kier molecular flexibility index (Phi) is 5.39. The number of nitrogens with one attached hydrogen (secondary N) is 2. The molecule has 4 rings (SSSR count). The van der Waals surface area contributed by atoms with Crippen LogP contribution in [0.5, 0.6) is 0 Å². The Morgan fingerprint density at radius 2 is 2.07 bits per heavy atom. The lowest BCUT2D eigenvalue weighted by Gasteiger charge is -2.22. The Labute approximate surface area is 172 Å². The maximum Gasteiger partial charge on any atom is 0.265 e. The molecule has 1 saturated heterocycles. The molecule has 1 fully saturated rings. The van der Waals surface area contributed by atoms with Crippen molar-refractivity contribution in [2.75, 3.05) is 28.0 Å². The zero-order chi connectivity index (χ0) is 20.4. The largest absolute Gasteiger partial charge is 0.368 e. The van der Waals surface area contributed by atoms with Gasteiger partial charge >= 0.3 is 0 Å². The molecular formula is C19H20FN5O2S2. The predicted molar refractivity (Wildman–Crippen MR) is 114 cm³/mol. The number of hydrogen-bond donors (Lipinski definition) is 3. The van der Waals surface area contributed by atoms with E-state index < -0.39 is 20.7 Å². The molecule has 10 heteroatoms. The highest BCUT2D eigenvalue weighted by Crippen LogP contribution is 2.32. The summed E-state index contributed by atoms with van der Waals surface area (Å²) >= 11 is 1.24. The van der Waals surface area contributed by atoms with E-state index in [1.54, 1.807) is 0 Å². The van der Waals surface area contributed by atoms with E-state index in [-0.39, 0.29) is 11.9 Å². The van der Waals surface area contributed by atoms with Crippen LogP contribution >= 0.6 is 11.3 Å². The molecule has 7 nitrogen and oxygen atoms in total. The number of halogens is 1. The molecule has 2 aromatic carbocycles. The molecule has 1 aliphatic heterocycles. The molecule has 2 heterocycles. The Morgan fingerprint density at radius 3 is 2.76 bits per heavy atom. The highest BCUT2D eigenvalue weighted by atomic mass is 32.2. The van der Waals surface area contributed by atoms with Crippen molar-refractivity contribution < 1.29 is 12.8 Å². The summed E-state index contributed by atoms with van der Waals surface area (Å²) in [5.41, 5.74) is 9.73. The first-order chi connectivity index (χ1) is 13.9. The molecule has 1 atom stereocenters. The first kappa shape index (κ1) is 19.6. The van der Waals surface area contributed by atoms with Gasteiger partial charge in [0.2, 0.25) is 0 Å². The zero-order valence-corrected chi connectivity index (χ0v) is 17.0. The summed E-state index contributed by atoms with van der Waals surface area (Å²) in [6.45, 7) is 1.61. The van der Waals surface area contributed by atoms with Gasteiger partial charge in [0.25, 0.3) is 10.0 Å². The number of aromatic nitrogens is 1. The number of para-hydroxylation sites is 2. The van der Waals surface area contributed by atoms with Crippen LogP contribution < -0.4 is 20.7 Å². The second kappa shape index (κ2) is 7.97. The SMILES string of the molecule is NC1CCN(c2ccccc2Nc2ccc(S(=O)(=O)Nc3cscn3)c(F)c2)C1. The summed E-state index contributed by atoms with van der Waals surface area (Å²) < 4.78 is 41.7. The third kappa shape index (κ3) is 4.34. The summed E-state index contributed by atoms with van der Waals surface area (Å²) in [4.78, 5) is 5.61. The molecule has 152 valence electrons. The van der Waals surface area contributed by atoms with Crippen molar-refractivity contribution in [2.45, 2.75) is 17.4 Å². The minimum atomic E-state index is -4.06. The van der Waals surface area contributed by atoms with Gasteiger partial charge in [-0.25, -0.2) is 17.8 Å². The number of anilines is 4. The van der Waals surface area contributed by atoms with E-state index in [2.05, 4.69) is 19.9 Å². The van der Waals surface area contributed by atoms with Crippen LogP contribution in [0, 0.1) is 5.82 Å². The standard InChI is InChI=1S/C19H20FN5O2S2/c20-15-9-14(5-6-18(15)29(26,27)24-19-11-28-12-22-19)23-16-3-1-2-4-17(16)25-8-7-13(21)10-25/h1-6,9,11-13,23-24H,7-8,10,21H2. The first-order valence-corrected chi connectivity index (χ1v) is 11.4. The van der Waals surface area contributed by atoms with Gasteiger partial charge in [-0.3, -0.25) is 4.72 Å². The number of benzene rings is 2. The average Bonchev–Trinajstić information content (AvgIpc) is 3.33. The van der Waals surface area contributed by atoms with E-state index in [1.807, 2.05) is 24.3 Å². The Bertz CT molecular complexity index is 1110. The highest BCUT2D eigenvalue weighted by Gasteiger charge is 2.22. The van der Waals surface area contributed by atoms with Gasteiger partial charge in [-0.1, -0.05) is 12.1 Å². The molecule has 0 amide bonds. The fraction of sp³-hybridized carbons (Fsp3) is 0.211. The maximum absolute atomic E-state index is 14.6. The number of rotatable bonds is 6. The van der Waals surface area contributed by atoms with E-state index in [0.29, 0.717) is 5.69 Å². The molecule has 0 saturated carbocycles. The Balaban J connectivity index is 1.57. The fourth-order valence-electron chi connectivity index (χ4n) is 3.27. The molecule has 1 unspecified atom stereocenters. The second-order valence-electron chi connectivity index (χ2n) is 6.76. The highest BCUT2D eigenvalue weighted by molar-refractivity contribution is 7.92. The summed E-state index contributed by atoms with van der Waals surface area (Å²) in [6.07, 6.45) is 0.918. The lowest BCUT2D eigenvalue weighted by molar-refractivity contribution is 0.570. The van der Waals surface area contributed by atoms with E-state index in [1.165, 1.54) is 40.4 Å². The molecule has 0 bridgehead atoms. The molecular weight excluding hydrogens is 413 g/mol. The smallest absolute Gasteiger partial charge is 0.265 e. The van der Waals surface area contributed by atoms with Gasteiger partial charge in [0.05, 0.1) is 16.9 Å². The van der Waals surface area contributed by atoms with Crippen LogP contribution in [0.1, 0.15) is 6.42 Å². The van der Waals surface area contributed by atoms with Gasteiger partial charge in [0, 0.05) is 30.2 Å². The molecule has 29 heavy (non-hydrogen) atoms. The predicted octanol–water partition coefficient (Wildman–Crippen LogP) is 3.36. The third-order valence-corrected chi connectivity index (χ3v) is 6.62. The zero-order valence-electron chi connectivity index (χ0n) is 15.4. The normalized spacial score (nSPS) is 16.8. The molecule has 1 aliphatic rings. The minimum absolute atomic E-state index is 0.134. The summed E-state index contributed by atoms with van der Waals surface area (Å²) in [5.74, 6) is -0.687. The van der Waals surface area contributed by atoms with Crippen molar-refractivity contribution in [3.63, 3.8) is 0 Å². The van der Waals surface area contributed by atoms with Crippen molar-refractivity contribution in [1.29, 1.82) is 0 Å². The van der Waals surface area contributed by atoms with Crippen LogP contribution in [-0.4, -0.2) is 32.5 Å². The molecule has 1 aromatic heterocycles. The Morgan fingerprint density at radius 1 is 1.24 bits per heavy atom.